The van der Waals surface area contributed by atoms with Crippen LogP contribution in [0.4, 0.5) is 0 Å². The third-order valence-corrected chi connectivity index (χ3v) is 5.55. The van der Waals surface area contributed by atoms with E-state index in [2.05, 4.69) is 4.98 Å². The molecule has 144 valence electrons. The summed E-state index contributed by atoms with van der Waals surface area (Å²) in [6, 6.07) is 1.95. The molecule has 0 aliphatic carbocycles. The molecule has 0 radical (unpaired) electrons. The van der Waals surface area contributed by atoms with Crippen molar-refractivity contribution in [3.05, 3.63) is 36.2 Å². The van der Waals surface area contributed by atoms with Crippen molar-refractivity contribution < 1.29 is 9.59 Å². The number of amides is 2. The number of hydrogen-bond acceptors (Lipinski definition) is 4. The smallest absolute Gasteiger partial charge is 0.272 e. The topological polar surface area (TPSA) is 76.3 Å². The van der Waals surface area contributed by atoms with E-state index in [-0.39, 0.29) is 17.7 Å². The summed E-state index contributed by atoms with van der Waals surface area (Å²) < 4.78 is 3.66. The molecule has 1 atom stereocenters. The lowest BCUT2D eigenvalue weighted by atomic mass is 9.94. The number of hydrogen-bond donors (Lipinski definition) is 0. The summed E-state index contributed by atoms with van der Waals surface area (Å²) in [5, 5.41) is 4.74. The maximum absolute atomic E-state index is 12.7. The van der Waals surface area contributed by atoms with Crippen LogP contribution in [0.3, 0.4) is 0 Å². The molecule has 0 bridgehead atoms. The number of piperidine rings is 1. The van der Waals surface area contributed by atoms with Gasteiger partial charge in [0.2, 0.25) is 5.91 Å². The molecular weight excluding hydrogens is 344 g/mol. The second kappa shape index (κ2) is 7.54. The number of aryl methyl sites for hydroxylation is 1. The highest BCUT2D eigenvalue weighted by molar-refractivity contribution is 5.93. The zero-order valence-electron chi connectivity index (χ0n) is 15.8. The molecule has 4 heterocycles. The van der Waals surface area contributed by atoms with Gasteiger partial charge in [-0.1, -0.05) is 0 Å². The van der Waals surface area contributed by atoms with Crippen LogP contribution in [0.15, 0.2) is 24.8 Å². The first kappa shape index (κ1) is 17.8. The zero-order chi connectivity index (χ0) is 18.8. The molecule has 0 aromatic carbocycles. The monoisotopic (exact) mass is 370 g/mol. The van der Waals surface area contributed by atoms with Gasteiger partial charge < -0.3 is 14.4 Å². The van der Waals surface area contributed by atoms with Gasteiger partial charge in [0.25, 0.3) is 5.91 Å². The molecule has 4 rings (SSSR count). The lowest BCUT2D eigenvalue weighted by Crippen LogP contribution is -2.40. The molecule has 0 saturated carbocycles. The van der Waals surface area contributed by atoms with Crippen molar-refractivity contribution >= 4 is 11.8 Å². The molecule has 1 saturated heterocycles. The van der Waals surface area contributed by atoms with Gasteiger partial charge in [0.15, 0.2) is 0 Å². The van der Waals surface area contributed by atoms with Gasteiger partial charge in [-0.25, -0.2) is 4.98 Å². The summed E-state index contributed by atoms with van der Waals surface area (Å²) in [5.74, 6) is 0.358. The Morgan fingerprint density at radius 3 is 2.93 bits per heavy atom. The minimum atomic E-state index is 0.0672. The number of carbonyl (C=O) groups excluding carboxylic acids is 2. The largest absolute Gasteiger partial charge is 0.340 e. The van der Waals surface area contributed by atoms with Gasteiger partial charge in [0.1, 0.15) is 12.2 Å². The predicted octanol–water partition coefficient (Wildman–Crippen LogP) is 1.35. The molecule has 1 fully saturated rings. The van der Waals surface area contributed by atoms with Crippen LogP contribution in [0, 0.1) is 0 Å². The normalized spacial score (nSPS) is 20.5. The minimum absolute atomic E-state index is 0.0672. The van der Waals surface area contributed by atoms with E-state index in [0.29, 0.717) is 18.8 Å². The Hall–Kier alpha value is -2.64. The van der Waals surface area contributed by atoms with E-state index in [0.717, 1.165) is 51.1 Å². The first-order valence-corrected chi connectivity index (χ1v) is 9.76. The van der Waals surface area contributed by atoms with Crippen LogP contribution in [0.2, 0.25) is 0 Å². The number of aromatic nitrogens is 4. The van der Waals surface area contributed by atoms with E-state index >= 15 is 0 Å². The van der Waals surface area contributed by atoms with Crippen LogP contribution in [0.1, 0.15) is 48.3 Å². The minimum Gasteiger partial charge on any atom is -0.340 e. The number of likely N-dealkylation sites (tertiary alicyclic amines) is 1. The van der Waals surface area contributed by atoms with Crippen molar-refractivity contribution in [3.63, 3.8) is 0 Å². The van der Waals surface area contributed by atoms with Gasteiger partial charge >= 0.3 is 0 Å². The predicted molar refractivity (Wildman–Crippen MR) is 99.2 cm³/mol. The molecule has 2 aromatic heterocycles. The van der Waals surface area contributed by atoms with Crippen molar-refractivity contribution in [2.24, 2.45) is 0 Å². The number of carbonyl (C=O) groups is 2. The number of fused-ring (bicyclic) bond motifs is 1. The average Bonchev–Trinajstić information content (AvgIpc) is 3.32. The summed E-state index contributed by atoms with van der Waals surface area (Å²) in [6.07, 6.45) is 8.03. The van der Waals surface area contributed by atoms with Crippen molar-refractivity contribution in [1.82, 2.24) is 29.1 Å². The number of rotatable bonds is 4. The van der Waals surface area contributed by atoms with Gasteiger partial charge in [-0.2, -0.15) is 5.10 Å². The van der Waals surface area contributed by atoms with Crippen LogP contribution < -0.4 is 0 Å². The Morgan fingerprint density at radius 2 is 2.15 bits per heavy atom. The summed E-state index contributed by atoms with van der Waals surface area (Å²) in [7, 11) is 0. The molecule has 8 nitrogen and oxygen atoms in total. The molecule has 8 heteroatoms. The van der Waals surface area contributed by atoms with Crippen LogP contribution in [-0.2, 0) is 17.9 Å². The van der Waals surface area contributed by atoms with Crippen molar-refractivity contribution in [2.75, 3.05) is 26.2 Å². The van der Waals surface area contributed by atoms with E-state index in [1.807, 2.05) is 27.5 Å². The second-order valence-corrected chi connectivity index (χ2v) is 7.33. The second-order valence-electron chi connectivity index (χ2n) is 7.33. The summed E-state index contributed by atoms with van der Waals surface area (Å²) in [6.45, 7) is 6.04. The Morgan fingerprint density at radius 1 is 1.26 bits per heavy atom. The van der Waals surface area contributed by atoms with Crippen LogP contribution in [0.25, 0.3) is 0 Å². The van der Waals surface area contributed by atoms with Gasteiger partial charge in [0, 0.05) is 51.0 Å². The third-order valence-electron chi connectivity index (χ3n) is 5.55. The molecule has 0 spiro atoms. The van der Waals surface area contributed by atoms with E-state index in [9.17, 15) is 9.59 Å². The van der Waals surface area contributed by atoms with Crippen LogP contribution in [-0.4, -0.2) is 67.1 Å². The highest BCUT2D eigenvalue weighted by Gasteiger charge is 2.30. The Balaban J connectivity index is 1.48. The van der Waals surface area contributed by atoms with Gasteiger partial charge in [-0.05, 0) is 32.3 Å². The van der Waals surface area contributed by atoms with Crippen molar-refractivity contribution in [2.45, 2.75) is 45.2 Å². The van der Waals surface area contributed by atoms with Gasteiger partial charge in [0.05, 0.1) is 12.0 Å². The van der Waals surface area contributed by atoms with E-state index < -0.39 is 0 Å². The molecule has 27 heavy (non-hydrogen) atoms. The standard InChI is InChI=1S/C19H26N6O2/c1-2-23-8-4-9-25-17(19(23)27)11-16(21-25)15-5-3-7-24(12-15)18(26)13-22-10-6-20-14-22/h6,10-11,14-15H,2-5,7-9,12-13H2,1H3. The van der Waals surface area contributed by atoms with Crippen molar-refractivity contribution in [1.29, 1.82) is 0 Å². The quantitative estimate of drug-likeness (QED) is 0.814. The maximum atomic E-state index is 12.7. The van der Waals surface area contributed by atoms with E-state index in [1.165, 1.54) is 0 Å². The SMILES string of the molecule is CCN1CCCn2nc(C3CCCN(C(=O)Cn4ccnc4)C3)cc2C1=O. The first-order valence-electron chi connectivity index (χ1n) is 9.76. The Kier molecular flexibility index (Phi) is 4.96. The Bertz CT molecular complexity index is 812. The highest BCUT2D eigenvalue weighted by Crippen LogP contribution is 2.28. The molecule has 2 aliphatic heterocycles. The molecule has 2 aromatic rings. The highest BCUT2D eigenvalue weighted by atomic mass is 16.2. The fourth-order valence-corrected chi connectivity index (χ4v) is 4.04. The fraction of sp³-hybridized carbons (Fsp3) is 0.579. The molecule has 1 unspecified atom stereocenters. The summed E-state index contributed by atoms with van der Waals surface area (Å²) >= 11 is 0. The van der Waals surface area contributed by atoms with Crippen LogP contribution in [0.5, 0.6) is 0 Å². The molecule has 2 amide bonds. The number of imidazole rings is 1. The van der Waals surface area contributed by atoms with Gasteiger partial charge in [-0.3, -0.25) is 14.3 Å². The average molecular weight is 370 g/mol. The van der Waals surface area contributed by atoms with Crippen molar-refractivity contribution in [3.8, 4) is 0 Å². The first-order chi connectivity index (χ1) is 13.2. The molecule has 0 N–H and O–H groups in total. The Labute approximate surface area is 158 Å². The maximum Gasteiger partial charge on any atom is 0.272 e. The van der Waals surface area contributed by atoms with Crippen LogP contribution >= 0.6 is 0 Å². The lowest BCUT2D eigenvalue weighted by Gasteiger charge is -2.32. The summed E-state index contributed by atoms with van der Waals surface area (Å²) in [5.41, 5.74) is 1.63. The van der Waals surface area contributed by atoms with Gasteiger partial charge in [-0.15, -0.1) is 0 Å². The lowest BCUT2D eigenvalue weighted by molar-refractivity contribution is -0.133. The summed E-state index contributed by atoms with van der Waals surface area (Å²) in [4.78, 5) is 33.1. The zero-order valence-corrected chi connectivity index (χ0v) is 15.8. The third kappa shape index (κ3) is 3.61. The van der Waals surface area contributed by atoms with E-state index in [1.54, 1.807) is 23.3 Å². The van der Waals surface area contributed by atoms with E-state index in [4.69, 9.17) is 5.10 Å². The molecular formula is C19H26N6O2. The molecule has 2 aliphatic rings. The number of nitrogens with zero attached hydrogens (tertiary/aromatic N) is 6. The fourth-order valence-electron chi connectivity index (χ4n) is 4.04.